The summed E-state index contributed by atoms with van der Waals surface area (Å²) in [5.41, 5.74) is -0.325. The predicted octanol–water partition coefficient (Wildman–Crippen LogP) is 3.83. The van der Waals surface area contributed by atoms with E-state index in [0.29, 0.717) is 5.02 Å². The van der Waals surface area contributed by atoms with Crippen molar-refractivity contribution in [2.45, 2.75) is 12.7 Å². The molecule has 2 rings (SSSR count). The highest BCUT2D eigenvalue weighted by atomic mass is 35.5. The predicted molar refractivity (Wildman–Crippen MR) is 85.0 cm³/mol. The van der Waals surface area contributed by atoms with E-state index in [1.165, 1.54) is 24.3 Å². The first kappa shape index (κ1) is 18.8. The van der Waals surface area contributed by atoms with Gasteiger partial charge in [-0.15, -0.1) is 0 Å². The van der Waals surface area contributed by atoms with Gasteiger partial charge in [0.1, 0.15) is 0 Å². The van der Waals surface area contributed by atoms with Gasteiger partial charge in [-0.2, -0.15) is 13.2 Å². The number of halogens is 4. The molecular formula is C17H13ClF3NO3. The highest BCUT2D eigenvalue weighted by molar-refractivity contribution is 6.30. The van der Waals surface area contributed by atoms with Gasteiger partial charge in [-0.05, 0) is 35.9 Å². The minimum absolute atomic E-state index is 0.114. The van der Waals surface area contributed by atoms with Crippen LogP contribution in [0.3, 0.4) is 0 Å². The molecule has 8 heteroatoms. The van der Waals surface area contributed by atoms with Crippen molar-refractivity contribution in [1.29, 1.82) is 0 Å². The monoisotopic (exact) mass is 371 g/mol. The van der Waals surface area contributed by atoms with Crippen LogP contribution in [0.25, 0.3) is 0 Å². The third kappa shape index (κ3) is 5.79. The van der Waals surface area contributed by atoms with E-state index in [0.717, 1.165) is 12.1 Å². The lowest BCUT2D eigenvalue weighted by molar-refractivity contribution is -0.137. The number of alkyl halides is 3. The van der Waals surface area contributed by atoms with Crippen LogP contribution in [0.15, 0.2) is 48.5 Å². The van der Waals surface area contributed by atoms with E-state index in [4.69, 9.17) is 16.3 Å². The summed E-state index contributed by atoms with van der Waals surface area (Å²) in [4.78, 5) is 23.4. The standard InChI is InChI=1S/C17H13ClF3NO3/c18-14-6-2-4-12(8-14)16(24)25-10-15(23)22-9-11-3-1-5-13(7-11)17(19,20)21/h1-8H,9-10H2,(H,22,23). The molecule has 0 aliphatic heterocycles. The molecule has 2 aromatic rings. The summed E-state index contributed by atoms with van der Waals surface area (Å²) in [6.07, 6.45) is -4.45. The zero-order chi connectivity index (χ0) is 18.4. The fraction of sp³-hybridized carbons (Fsp3) is 0.176. The number of amides is 1. The Morgan fingerprint density at radius 1 is 1.08 bits per heavy atom. The Bertz CT molecular complexity index is 778. The summed E-state index contributed by atoms with van der Waals surface area (Å²) < 4.78 is 42.7. The summed E-state index contributed by atoms with van der Waals surface area (Å²) in [6, 6.07) is 10.6. The lowest BCUT2D eigenvalue weighted by atomic mass is 10.1. The molecule has 0 aliphatic carbocycles. The van der Waals surface area contributed by atoms with Crippen LogP contribution in [0.2, 0.25) is 5.02 Å². The molecule has 0 heterocycles. The quantitative estimate of drug-likeness (QED) is 0.813. The Hall–Kier alpha value is -2.54. The molecule has 2 aromatic carbocycles. The molecule has 0 aliphatic rings. The van der Waals surface area contributed by atoms with Gasteiger partial charge in [-0.1, -0.05) is 29.8 Å². The van der Waals surface area contributed by atoms with Gasteiger partial charge in [0.2, 0.25) is 0 Å². The first-order valence-electron chi connectivity index (χ1n) is 7.11. The van der Waals surface area contributed by atoms with Gasteiger partial charge in [0.05, 0.1) is 11.1 Å². The number of esters is 1. The maximum absolute atomic E-state index is 12.6. The van der Waals surface area contributed by atoms with Gasteiger partial charge in [-0.3, -0.25) is 4.79 Å². The largest absolute Gasteiger partial charge is 0.452 e. The van der Waals surface area contributed by atoms with Crippen LogP contribution in [-0.4, -0.2) is 18.5 Å². The molecule has 1 amide bonds. The van der Waals surface area contributed by atoms with E-state index in [9.17, 15) is 22.8 Å². The van der Waals surface area contributed by atoms with Crippen molar-refractivity contribution < 1.29 is 27.5 Å². The highest BCUT2D eigenvalue weighted by Crippen LogP contribution is 2.29. The van der Waals surface area contributed by atoms with E-state index in [2.05, 4.69) is 5.32 Å². The first-order chi connectivity index (χ1) is 11.8. The zero-order valence-electron chi connectivity index (χ0n) is 12.8. The first-order valence-corrected chi connectivity index (χ1v) is 7.49. The molecule has 0 fully saturated rings. The molecule has 25 heavy (non-hydrogen) atoms. The van der Waals surface area contributed by atoms with E-state index >= 15 is 0 Å². The third-order valence-corrected chi connectivity index (χ3v) is 3.37. The van der Waals surface area contributed by atoms with Crippen molar-refractivity contribution in [2.75, 3.05) is 6.61 Å². The Labute approximate surface area is 146 Å². The number of nitrogens with one attached hydrogen (secondary N) is 1. The molecule has 1 N–H and O–H groups in total. The van der Waals surface area contributed by atoms with Gasteiger partial charge in [0.25, 0.3) is 5.91 Å². The molecule has 132 valence electrons. The minimum atomic E-state index is -4.45. The number of rotatable bonds is 5. The summed E-state index contributed by atoms with van der Waals surface area (Å²) >= 11 is 5.75. The van der Waals surface area contributed by atoms with Crippen molar-refractivity contribution in [1.82, 2.24) is 5.32 Å². The van der Waals surface area contributed by atoms with E-state index in [1.54, 1.807) is 12.1 Å². The van der Waals surface area contributed by atoms with Crippen molar-refractivity contribution in [3.05, 3.63) is 70.2 Å². The normalized spacial score (nSPS) is 11.0. The zero-order valence-corrected chi connectivity index (χ0v) is 13.5. The summed E-state index contributed by atoms with van der Waals surface area (Å²) in [6.45, 7) is -0.665. The Kier molecular flexibility index (Phi) is 6.03. The molecule has 0 saturated carbocycles. The van der Waals surface area contributed by atoms with Crippen molar-refractivity contribution in [3.63, 3.8) is 0 Å². The molecule has 0 bridgehead atoms. The number of benzene rings is 2. The van der Waals surface area contributed by atoms with Crippen LogP contribution >= 0.6 is 11.6 Å². The fourth-order valence-electron chi connectivity index (χ4n) is 1.94. The van der Waals surface area contributed by atoms with Crippen LogP contribution in [0, 0.1) is 0 Å². The number of hydrogen-bond acceptors (Lipinski definition) is 3. The maximum atomic E-state index is 12.6. The average molecular weight is 372 g/mol. The molecule has 0 aromatic heterocycles. The Balaban J connectivity index is 1.84. The van der Waals surface area contributed by atoms with E-state index in [-0.39, 0.29) is 17.7 Å². The van der Waals surface area contributed by atoms with E-state index in [1.807, 2.05) is 0 Å². The van der Waals surface area contributed by atoms with Crippen molar-refractivity contribution in [2.24, 2.45) is 0 Å². The van der Waals surface area contributed by atoms with Crippen LogP contribution < -0.4 is 5.32 Å². The van der Waals surface area contributed by atoms with E-state index < -0.39 is 30.2 Å². The maximum Gasteiger partial charge on any atom is 0.416 e. The minimum Gasteiger partial charge on any atom is -0.452 e. The second kappa shape index (κ2) is 8.02. The summed E-state index contributed by atoms with van der Waals surface area (Å²) in [7, 11) is 0. The second-order valence-corrected chi connectivity index (χ2v) is 5.50. The number of carbonyl (C=O) groups is 2. The lowest BCUT2D eigenvalue weighted by Crippen LogP contribution is -2.28. The van der Waals surface area contributed by atoms with Crippen LogP contribution in [0.4, 0.5) is 13.2 Å². The molecular weight excluding hydrogens is 359 g/mol. The number of hydrogen-bond donors (Lipinski definition) is 1. The average Bonchev–Trinajstić information content (AvgIpc) is 2.57. The molecule has 0 radical (unpaired) electrons. The molecule has 0 atom stereocenters. The number of carbonyl (C=O) groups excluding carboxylic acids is 2. The summed E-state index contributed by atoms with van der Waals surface area (Å²) in [5.74, 6) is -1.36. The topological polar surface area (TPSA) is 55.4 Å². The van der Waals surface area contributed by atoms with Crippen molar-refractivity contribution >= 4 is 23.5 Å². The van der Waals surface area contributed by atoms with Crippen LogP contribution in [-0.2, 0) is 22.3 Å². The van der Waals surface area contributed by atoms with Crippen molar-refractivity contribution in [3.8, 4) is 0 Å². The van der Waals surface area contributed by atoms with Gasteiger partial charge in [0.15, 0.2) is 6.61 Å². The van der Waals surface area contributed by atoms with Gasteiger partial charge >= 0.3 is 12.1 Å². The van der Waals surface area contributed by atoms with Crippen LogP contribution in [0.1, 0.15) is 21.5 Å². The van der Waals surface area contributed by atoms with Gasteiger partial charge < -0.3 is 10.1 Å². The fourth-order valence-corrected chi connectivity index (χ4v) is 2.13. The molecule has 0 saturated heterocycles. The van der Waals surface area contributed by atoms with Crippen LogP contribution in [0.5, 0.6) is 0 Å². The second-order valence-electron chi connectivity index (χ2n) is 5.06. The lowest BCUT2D eigenvalue weighted by Gasteiger charge is -2.10. The van der Waals surface area contributed by atoms with Gasteiger partial charge in [-0.25, -0.2) is 4.79 Å². The number of ether oxygens (including phenoxy) is 1. The Morgan fingerprint density at radius 3 is 2.48 bits per heavy atom. The highest BCUT2D eigenvalue weighted by Gasteiger charge is 2.30. The Morgan fingerprint density at radius 2 is 1.80 bits per heavy atom. The molecule has 0 unspecified atom stereocenters. The SMILES string of the molecule is O=C(COC(=O)c1cccc(Cl)c1)NCc1cccc(C(F)(F)F)c1. The molecule has 4 nitrogen and oxygen atoms in total. The smallest absolute Gasteiger partial charge is 0.416 e. The summed E-state index contributed by atoms with van der Waals surface area (Å²) in [5, 5.41) is 2.74. The molecule has 0 spiro atoms. The van der Waals surface area contributed by atoms with Gasteiger partial charge in [0, 0.05) is 11.6 Å². The third-order valence-electron chi connectivity index (χ3n) is 3.14.